The molecule has 1 atom stereocenters. The van der Waals surface area contributed by atoms with Crippen LogP contribution in [0.4, 0.5) is 5.82 Å². The van der Waals surface area contributed by atoms with Gasteiger partial charge in [0.2, 0.25) is 0 Å². The molecule has 0 fully saturated rings. The maximum atomic E-state index is 10.9. The number of nitrogens with one attached hydrogen (secondary N) is 1. The van der Waals surface area contributed by atoms with E-state index in [1.165, 1.54) is 17.4 Å². The summed E-state index contributed by atoms with van der Waals surface area (Å²) >= 11 is 7.22. The van der Waals surface area contributed by atoms with Crippen LogP contribution in [0, 0.1) is 0 Å². The monoisotopic (exact) mass is 298 g/mol. The molecule has 0 spiro atoms. The van der Waals surface area contributed by atoms with Crippen molar-refractivity contribution in [2.75, 3.05) is 11.9 Å². The molecule has 2 rings (SSSR count). The molecule has 0 amide bonds. The Balaban J connectivity index is 2.04. The lowest BCUT2D eigenvalue weighted by Crippen LogP contribution is -2.13. The van der Waals surface area contributed by atoms with E-state index in [0.717, 1.165) is 5.56 Å². The fourth-order valence-electron chi connectivity index (χ4n) is 1.47. The van der Waals surface area contributed by atoms with E-state index in [1.54, 1.807) is 6.07 Å². The number of halogens is 1. The third kappa shape index (κ3) is 3.44. The summed E-state index contributed by atoms with van der Waals surface area (Å²) in [6.45, 7) is 0.241. The van der Waals surface area contributed by atoms with Crippen molar-refractivity contribution in [2.45, 2.75) is 6.10 Å². The molecule has 0 aromatic carbocycles. The number of hydrogen-bond donors (Lipinski definition) is 3. The molecule has 2 heterocycles. The SMILES string of the molecule is O=C(O)c1nc(NCC(O)c2ccsc2)ccc1Cl. The Kier molecular flexibility index (Phi) is 4.36. The molecule has 0 aliphatic rings. The van der Waals surface area contributed by atoms with Gasteiger partial charge in [-0.2, -0.15) is 11.3 Å². The predicted molar refractivity (Wildman–Crippen MR) is 74.0 cm³/mol. The Bertz CT molecular complexity index is 574. The molecule has 19 heavy (non-hydrogen) atoms. The average molecular weight is 299 g/mol. The first-order valence-electron chi connectivity index (χ1n) is 5.42. The molecule has 1 unspecified atom stereocenters. The van der Waals surface area contributed by atoms with Gasteiger partial charge in [0.1, 0.15) is 5.82 Å². The van der Waals surface area contributed by atoms with Crippen LogP contribution < -0.4 is 5.32 Å². The lowest BCUT2D eigenvalue weighted by molar-refractivity contribution is 0.0691. The van der Waals surface area contributed by atoms with E-state index in [4.69, 9.17) is 16.7 Å². The van der Waals surface area contributed by atoms with E-state index in [2.05, 4.69) is 10.3 Å². The van der Waals surface area contributed by atoms with Crippen LogP contribution in [0.1, 0.15) is 22.2 Å². The zero-order chi connectivity index (χ0) is 13.8. The summed E-state index contributed by atoms with van der Waals surface area (Å²) in [5.41, 5.74) is 0.599. The van der Waals surface area contributed by atoms with Gasteiger partial charge in [-0.15, -0.1) is 0 Å². The van der Waals surface area contributed by atoms with Gasteiger partial charge in [0.05, 0.1) is 11.1 Å². The minimum atomic E-state index is -1.19. The summed E-state index contributed by atoms with van der Waals surface area (Å²) in [5, 5.41) is 25.5. The molecule has 0 radical (unpaired) electrons. The molecular weight excluding hydrogens is 288 g/mol. The first-order chi connectivity index (χ1) is 9.08. The Morgan fingerprint density at radius 3 is 2.89 bits per heavy atom. The van der Waals surface area contributed by atoms with Crippen LogP contribution in [0.2, 0.25) is 5.02 Å². The number of aromatic nitrogens is 1. The minimum absolute atomic E-state index is 0.0800. The number of carbonyl (C=O) groups is 1. The van der Waals surface area contributed by atoms with Crippen molar-refractivity contribution >= 4 is 34.7 Å². The molecule has 2 aromatic heterocycles. The first-order valence-corrected chi connectivity index (χ1v) is 6.74. The van der Waals surface area contributed by atoms with Crippen molar-refractivity contribution < 1.29 is 15.0 Å². The number of rotatable bonds is 5. The summed E-state index contributed by atoms with van der Waals surface area (Å²) in [6.07, 6.45) is -0.669. The molecule has 100 valence electrons. The molecular formula is C12H11ClN2O3S. The summed E-state index contributed by atoms with van der Waals surface area (Å²) in [4.78, 5) is 14.8. The number of pyridine rings is 1. The van der Waals surface area contributed by atoms with Crippen molar-refractivity contribution in [1.82, 2.24) is 4.98 Å². The lowest BCUT2D eigenvalue weighted by Gasteiger charge is -2.11. The molecule has 5 nitrogen and oxygen atoms in total. The molecule has 0 aliphatic carbocycles. The van der Waals surface area contributed by atoms with Crippen LogP contribution in [0.5, 0.6) is 0 Å². The molecule has 3 N–H and O–H groups in total. The highest BCUT2D eigenvalue weighted by Crippen LogP contribution is 2.19. The van der Waals surface area contributed by atoms with Crippen LogP contribution >= 0.6 is 22.9 Å². The Hall–Kier alpha value is -1.63. The average Bonchev–Trinajstić information content (AvgIpc) is 2.91. The topological polar surface area (TPSA) is 82.5 Å². The zero-order valence-electron chi connectivity index (χ0n) is 9.71. The van der Waals surface area contributed by atoms with Gasteiger partial charge in [-0.1, -0.05) is 11.6 Å². The van der Waals surface area contributed by atoms with E-state index < -0.39 is 12.1 Å². The van der Waals surface area contributed by atoms with Gasteiger partial charge >= 0.3 is 5.97 Å². The van der Waals surface area contributed by atoms with Crippen LogP contribution in [0.3, 0.4) is 0 Å². The van der Waals surface area contributed by atoms with Gasteiger partial charge in [0.25, 0.3) is 0 Å². The standard InChI is InChI=1S/C12H11ClN2O3S/c13-8-1-2-10(15-11(8)12(17)18)14-5-9(16)7-3-4-19-6-7/h1-4,6,9,16H,5H2,(H,14,15)(H,17,18). The normalized spacial score (nSPS) is 12.1. The predicted octanol–water partition coefficient (Wildman–Crippen LogP) is 2.64. The van der Waals surface area contributed by atoms with Crippen LogP contribution in [0.25, 0.3) is 0 Å². The second-order valence-corrected chi connectivity index (χ2v) is 4.97. The zero-order valence-corrected chi connectivity index (χ0v) is 11.3. The van der Waals surface area contributed by atoms with Crippen LogP contribution in [-0.2, 0) is 0 Å². The molecule has 7 heteroatoms. The second-order valence-electron chi connectivity index (χ2n) is 3.79. The number of thiophene rings is 1. The van der Waals surface area contributed by atoms with E-state index in [1.807, 2.05) is 16.8 Å². The molecule has 0 aliphatic heterocycles. The maximum absolute atomic E-state index is 10.9. The van der Waals surface area contributed by atoms with E-state index in [9.17, 15) is 9.90 Å². The highest BCUT2D eigenvalue weighted by Gasteiger charge is 2.12. The minimum Gasteiger partial charge on any atom is -0.476 e. The number of anilines is 1. The van der Waals surface area contributed by atoms with E-state index in [0.29, 0.717) is 5.82 Å². The van der Waals surface area contributed by atoms with Crippen molar-refractivity contribution in [3.63, 3.8) is 0 Å². The number of carboxylic acids is 1. The Morgan fingerprint density at radius 2 is 2.26 bits per heavy atom. The number of aliphatic hydroxyl groups excluding tert-OH is 1. The second kappa shape index (κ2) is 6.01. The van der Waals surface area contributed by atoms with Gasteiger partial charge in [0.15, 0.2) is 5.69 Å². The maximum Gasteiger partial charge on any atom is 0.356 e. The first kappa shape index (κ1) is 13.8. The summed E-state index contributed by atoms with van der Waals surface area (Å²) in [7, 11) is 0. The van der Waals surface area contributed by atoms with Crippen molar-refractivity contribution in [3.05, 3.63) is 45.2 Å². The number of aromatic carboxylic acids is 1. The third-order valence-electron chi connectivity index (χ3n) is 2.45. The third-order valence-corrected chi connectivity index (χ3v) is 3.46. The van der Waals surface area contributed by atoms with Crippen molar-refractivity contribution in [3.8, 4) is 0 Å². The van der Waals surface area contributed by atoms with Gasteiger partial charge < -0.3 is 15.5 Å². The molecule has 0 saturated carbocycles. The highest BCUT2D eigenvalue weighted by atomic mass is 35.5. The number of carboxylic acid groups (broad SMARTS) is 1. The van der Waals surface area contributed by atoms with Crippen molar-refractivity contribution in [2.24, 2.45) is 0 Å². The van der Waals surface area contributed by atoms with E-state index >= 15 is 0 Å². The van der Waals surface area contributed by atoms with Gasteiger partial charge in [-0.05, 0) is 34.5 Å². The quantitative estimate of drug-likeness (QED) is 0.790. The largest absolute Gasteiger partial charge is 0.476 e. The van der Waals surface area contributed by atoms with Crippen LogP contribution in [-0.4, -0.2) is 27.7 Å². The lowest BCUT2D eigenvalue weighted by atomic mass is 10.2. The number of aliphatic hydroxyl groups is 1. The fourth-order valence-corrected chi connectivity index (χ4v) is 2.37. The number of hydrogen-bond acceptors (Lipinski definition) is 5. The number of nitrogens with zero attached hydrogens (tertiary/aromatic N) is 1. The Morgan fingerprint density at radius 1 is 1.47 bits per heavy atom. The van der Waals surface area contributed by atoms with Crippen molar-refractivity contribution in [1.29, 1.82) is 0 Å². The van der Waals surface area contributed by atoms with Gasteiger partial charge in [0, 0.05) is 6.54 Å². The smallest absolute Gasteiger partial charge is 0.356 e. The molecule has 0 saturated heterocycles. The van der Waals surface area contributed by atoms with Gasteiger partial charge in [-0.3, -0.25) is 0 Å². The summed E-state index contributed by atoms with van der Waals surface area (Å²) in [6, 6.07) is 4.85. The highest BCUT2D eigenvalue weighted by molar-refractivity contribution is 7.07. The van der Waals surface area contributed by atoms with Gasteiger partial charge in [-0.25, -0.2) is 9.78 Å². The molecule has 2 aromatic rings. The Labute approximate surface area is 118 Å². The fraction of sp³-hybridized carbons (Fsp3) is 0.167. The molecule has 0 bridgehead atoms. The summed E-state index contributed by atoms with van der Waals surface area (Å²) < 4.78 is 0. The summed E-state index contributed by atoms with van der Waals surface area (Å²) in [5.74, 6) is -0.830. The van der Waals surface area contributed by atoms with Crippen LogP contribution in [0.15, 0.2) is 29.0 Å². The van der Waals surface area contributed by atoms with E-state index in [-0.39, 0.29) is 17.3 Å².